The Balaban J connectivity index is 2.79. The summed E-state index contributed by atoms with van der Waals surface area (Å²) >= 11 is 11.9. The van der Waals surface area contributed by atoms with Crippen molar-refractivity contribution in [2.24, 2.45) is 0 Å². The van der Waals surface area contributed by atoms with Gasteiger partial charge in [-0.1, -0.05) is 50.0 Å². The molecule has 1 aromatic carbocycles. The Bertz CT molecular complexity index is 350. The SMILES string of the molecule is CC(C)NC(C)C(C)c1ccc(Cl)c(Cl)c1. The van der Waals surface area contributed by atoms with Crippen LogP contribution in [0.25, 0.3) is 0 Å². The molecule has 90 valence electrons. The number of nitrogens with one attached hydrogen (secondary N) is 1. The molecule has 16 heavy (non-hydrogen) atoms. The molecule has 0 heterocycles. The first-order valence-electron chi connectivity index (χ1n) is 5.62. The molecule has 0 radical (unpaired) electrons. The smallest absolute Gasteiger partial charge is 0.0595 e. The molecular formula is C13H19Cl2N. The van der Waals surface area contributed by atoms with Gasteiger partial charge >= 0.3 is 0 Å². The van der Waals surface area contributed by atoms with Gasteiger partial charge in [0.1, 0.15) is 0 Å². The van der Waals surface area contributed by atoms with Gasteiger partial charge in [0.15, 0.2) is 0 Å². The van der Waals surface area contributed by atoms with Gasteiger partial charge < -0.3 is 5.32 Å². The molecule has 0 fully saturated rings. The van der Waals surface area contributed by atoms with Crippen molar-refractivity contribution < 1.29 is 0 Å². The lowest BCUT2D eigenvalue weighted by molar-refractivity contribution is 0.439. The summed E-state index contributed by atoms with van der Waals surface area (Å²) in [6.07, 6.45) is 0. The van der Waals surface area contributed by atoms with Gasteiger partial charge in [0, 0.05) is 12.1 Å². The standard InChI is InChI=1S/C13H19Cl2N/c1-8(2)16-10(4)9(3)11-5-6-12(14)13(15)7-11/h5-10,16H,1-4H3. The van der Waals surface area contributed by atoms with Crippen LogP contribution in [0.5, 0.6) is 0 Å². The summed E-state index contributed by atoms with van der Waals surface area (Å²) in [6.45, 7) is 8.68. The van der Waals surface area contributed by atoms with E-state index in [1.54, 1.807) is 0 Å². The van der Waals surface area contributed by atoms with E-state index in [4.69, 9.17) is 23.2 Å². The summed E-state index contributed by atoms with van der Waals surface area (Å²) in [7, 11) is 0. The van der Waals surface area contributed by atoms with Crippen LogP contribution in [-0.2, 0) is 0 Å². The van der Waals surface area contributed by atoms with Gasteiger partial charge in [-0.3, -0.25) is 0 Å². The van der Waals surface area contributed by atoms with Crippen molar-refractivity contribution in [2.45, 2.75) is 45.7 Å². The maximum absolute atomic E-state index is 6.02. The minimum absolute atomic E-state index is 0.414. The van der Waals surface area contributed by atoms with E-state index in [1.165, 1.54) is 5.56 Å². The highest BCUT2D eigenvalue weighted by molar-refractivity contribution is 6.42. The molecule has 0 aliphatic heterocycles. The van der Waals surface area contributed by atoms with Crippen molar-refractivity contribution in [1.82, 2.24) is 5.32 Å². The van der Waals surface area contributed by atoms with Crippen LogP contribution in [0.4, 0.5) is 0 Å². The second kappa shape index (κ2) is 5.90. The third-order valence-corrected chi connectivity index (χ3v) is 3.55. The third-order valence-electron chi connectivity index (χ3n) is 2.82. The first-order valence-corrected chi connectivity index (χ1v) is 6.38. The monoisotopic (exact) mass is 259 g/mol. The zero-order valence-corrected chi connectivity index (χ0v) is 11.7. The molecule has 2 atom stereocenters. The molecule has 1 aromatic rings. The van der Waals surface area contributed by atoms with Crippen LogP contribution in [0.15, 0.2) is 18.2 Å². The van der Waals surface area contributed by atoms with E-state index in [1.807, 2.05) is 18.2 Å². The number of rotatable bonds is 4. The molecule has 0 aliphatic carbocycles. The van der Waals surface area contributed by atoms with Crippen molar-refractivity contribution in [1.29, 1.82) is 0 Å². The van der Waals surface area contributed by atoms with Crippen LogP contribution >= 0.6 is 23.2 Å². The van der Waals surface area contributed by atoms with Crippen LogP contribution in [0, 0.1) is 0 Å². The minimum atomic E-state index is 0.414. The first-order chi connectivity index (χ1) is 7.41. The van der Waals surface area contributed by atoms with Crippen molar-refractivity contribution in [3.8, 4) is 0 Å². The third kappa shape index (κ3) is 3.65. The normalized spacial score (nSPS) is 15.2. The summed E-state index contributed by atoms with van der Waals surface area (Å²) in [6, 6.07) is 6.75. The molecule has 0 aromatic heterocycles. The van der Waals surface area contributed by atoms with E-state index in [0.29, 0.717) is 28.0 Å². The second-order valence-electron chi connectivity index (χ2n) is 4.57. The predicted octanol–water partition coefficient (Wildman–Crippen LogP) is 4.48. The molecule has 0 bridgehead atoms. The topological polar surface area (TPSA) is 12.0 Å². The molecule has 0 saturated carbocycles. The first kappa shape index (κ1) is 13.8. The number of hydrogen-bond acceptors (Lipinski definition) is 1. The Morgan fingerprint density at radius 1 is 1.00 bits per heavy atom. The van der Waals surface area contributed by atoms with Gasteiger partial charge in [0.25, 0.3) is 0 Å². The van der Waals surface area contributed by atoms with Crippen LogP contribution < -0.4 is 5.32 Å². The van der Waals surface area contributed by atoms with Gasteiger partial charge in [-0.25, -0.2) is 0 Å². The lowest BCUT2D eigenvalue weighted by Crippen LogP contribution is -2.36. The van der Waals surface area contributed by atoms with E-state index in [9.17, 15) is 0 Å². The summed E-state index contributed by atoms with van der Waals surface area (Å²) in [5.74, 6) is 0.414. The van der Waals surface area contributed by atoms with Crippen molar-refractivity contribution in [2.75, 3.05) is 0 Å². The number of halogens is 2. The Labute approximate surface area is 108 Å². The highest BCUT2D eigenvalue weighted by Crippen LogP contribution is 2.27. The van der Waals surface area contributed by atoms with Gasteiger partial charge in [-0.05, 0) is 30.5 Å². The van der Waals surface area contributed by atoms with Gasteiger partial charge in [0.2, 0.25) is 0 Å². The largest absolute Gasteiger partial charge is 0.311 e. The molecule has 0 amide bonds. The predicted molar refractivity (Wildman–Crippen MR) is 72.6 cm³/mol. The Morgan fingerprint density at radius 3 is 2.12 bits per heavy atom. The fourth-order valence-corrected chi connectivity index (χ4v) is 2.06. The Kier molecular flexibility index (Phi) is 5.10. The van der Waals surface area contributed by atoms with E-state index in [0.717, 1.165) is 0 Å². The molecule has 1 rings (SSSR count). The van der Waals surface area contributed by atoms with Crippen molar-refractivity contribution in [3.63, 3.8) is 0 Å². The van der Waals surface area contributed by atoms with Crippen molar-refractivity contribution in [3.05, 3.63) is 33.8 Å². The number of benzene rings is 1. The minimum Gasteiger partial charge on any atom is -0.311 e. The fraction of sp³-hybridized carbons (Fsp3) is 0.538. The molecule has 2 unspecified atom stereocenters. The summed E-state index contributed by atoms with van der Waals surface area (Å²) in [5.41, 5.74) is 1.22. The van der Waals surface area contributed by atoms with Crippen LogP contribution in [0.2, 0.25) is 10.0 Å². The summed E-state index contributed by atoms with van der Waals surface area (Å²) in [4.78, 5) is 0. The average molecular weight is 260 g/mol. The van der Waals surface area contributed by atoms with E-state index in [-0.39, 0.29) is 0 Å². The molecular weight excluding hydrogens is 241 g/mol. The highest BCUT2D eigenvalue weighted by atomic mass is 35.5. The molecule has 0 spiro atoms. The van der Waals surface area contributed by atoms with Crippen molar-refractivity contribution >= 4 is 23.2 Å². The fourth-order valence-electron chi connectivity index (χ4n) is 1.75. The number of hydrogen-bond donors (Lipinski definition) is 1. The molecule has 1 nitrogen and oxygen atoms in total. The van der Waals surface area contributed by atoms with Gasteiger partial charge in [-0.2, -0.15) is 0 Å². The average Bonchev–Trinajstić information content (AvgIpc) is 2.20. The molecule has 0 aliphatic rings. The lowest BCUT2D eigenvalue weighted by atomic mass is 9.94. The molecule has 1 N–H and O–H groups in total. The summed E-state index contributed by atoms with van der Waals surface area (Å²) in [5, 5.41) is 4.74. The van der Waals surface area contributed by atoms with Crippen LogP contribution in [0.1, 0.15) is 39.2 Å². The van der Waals surface area contributed by atoms with Crippen LogP contribution in [0.3, 0.4) is 0 Å². The maximum Gasteiger partial charge on any atom is 0.0595 e. The Hall–Kier alpha value is -0.240. The van der Waals surface area contributed by atoms with E-state index >= 15 is 0 Å². The maximum atomic E-state index is 6.02. The van der Waals surface area contributed by atoms with Gasteiger partial charge in [0.05, 0.1) is 10.0 Å². The molecule has 0 saturated heterocycles. The quantitative estimate of drug-likeness (QED) is 0.841. The van der Waals surface area contributed by atoms with E-state index < -0.39 is 0 Å². The zero-order chi connectivity index (χ0) is 12.3. The zero-order valence-electron chi connectivity index (χ0n) is 10.2. The van der Waals surface area contributed by atoms with Crippen LogP contribution in [-0.4, -0.2) is 12.1 Å². The summed E-state index contributed by atoms with van der Waals surface area (Å²) < 4.78 is 0. The Morgan fingerprint density at radius 2 is 1.62 bits per heavy atom. The highest BCUT2D eigenvalue weighted by Gasteiger charge is 2.15. The lowest BCUT2D eigenvalue weighted by Gasteiger charge is -2.24. The second-order valence-corrected chi connectivity index (χ2v) is 5.39. The van der Waals surface area contributed by atoms with E-state index in [2.05, 4.69) is 33.0 Å². The molecule has 3 heteroatoms. The van der Waals surface area contributed by atoms with Gasteiger partial charge in [-0.15, -0.1) is 0 Å².